The third kappa shape index (κ3) is 2.56. The van der Waals surface area contributed by atoms with Crippen molar-refractivity contribution in [2.24, 2.45) is 0 Å². The van der Waals surface area contributed by atoms with Crippen LogP contribution in [0.4, 0.5) is 10.8 Å². The maximum atomic E-state index is 12.0. The van der Waals surface area contributed by atoms with Crippen molar-refractivity contribution >= 4 is 28.1 Å². The van der Waals surface area contributed by atoms with Crippen LogP contribution in [0.5, 0.6) is 0 Å². The summed E-state index contributed by atoms with van der Waals surface area (Å²) in [5.41, 5.74) is 3.62. The zero-order valence-corrected chi connectivity index (χ0v) is 10.2. The number of pyridine rings is 1. The number of anilines is 2. The van der Waals surface area contributed by atoms with E-state index in [1.807, 2.05) is 13.0 Å². The molecule has 2 aromatic heterocycles. The maximum absolute atomic E-state index is 12.0. The van der Waals surface area contributed by atoms with Gasteiger partial charge in [0.05, 0.1) is 11.3 Å². The Morgan fingerprint density at radius 2 is 2.29 bits per heavy atom. The minimum atomic E-state index is -0.251. The van der Waals surface area contributed by atoms with Crippen LogP contribution < -0.4 is 10.6 Å². The minimum absolute atomic E-state index is 0.251. The smallest absolute Gasteiger partial charge is 0.261 e. The van der Waals surface area contributed by atoms with Crippen molar-refractivity contribution < 1.29 is 4.79 Å². The summed E-state index contributed by atoms with van der Waals surface area (Å²) in [6, 6.07) is 1.81. The van der Waals surface area contributed by atoms with Crippen molar-refractivity contribution in [1.29, 1.82) is 0 Å². The summed E-state index contributed by atoms with van der Waals surface area (Å²) in [5, 5.41) is 13.5. The van der Waals surface area contributed by atoms with E-state index in [0.717, 1.165) is 11.4 Å². The van der Waals surface area contributed by atoms with Crippen molar-refractivity contribution in [1.82, 2.24) is 15.2 Å². The third-order valence-electron chi connectivity index (χ3n) is 2.14. The standard InChI is InChI=1S/C10H11N5OS/c1-6-3-8(11-2)7(4-12-6)9(16)14-10-15-13-5-17-10/h3-5H,1-2H3,(H,11,12)(H,14,15,16). The number of aromatic nitrogens is 3. The molecule has 0 saturated carbocycles. The molecule has 7 heteroatoms. The van der Waals surface area contributed by atoms with Crippen molar-refractivity contribution in [3.8, 4) is 0 Å². The second kappa shape index (κ2) is 4.88. The highest BCUT2D eigenvalue weighted by molar-refractivity contribution is 7.13. The highest BCUT2D eigenvalue weighted by atomic mass is 32.1. The summed E-state index contributed by atoms with van der Waals surface area (Å²) in [6.07, 6.45) is 1.54. The van der Waals surface area contributed by atoms with Gasteiger partial charge < -0.3 is 5.32 Å². The molecule has 0 aliphatic rings. The van der Waals surface area contributed by atoms with Gasteiger partial charge in [0.15, 0.2) is 0 Å². The van der Waals surface area contributed by atoms with Crippen LogP contribution in [0.3, 0.4) is 0 Å². The fraction of sp³-hybridized carbons (Fsp3) is 0.200. The van der Waals surface area contributed by atoms with Crippen LogP contribution in [-0.4, -0.2) is 28.1 Å². The zero-order valence-electron chi connectivity index (χ0n) is 9.39. The number of hydrogen-bond acceptors (Lipinski definition) is 6. The Labute approximate surface area is 102 Å². The summed E-state index contributed by atoms with van der Waals surface area (Å²) in [5.74, 6) is -0.251. The van der Waals surface area contributed by atoms with Gasteiger partial charge in [-0.2, -0.15) is 0 Å². The number of carbonyl (C=O) groups is 1. The molecular weight excluding hydrogens is 238 g/mol. The first kappa shape index (κ1) is 11.5. The van der Waals surface area contributed by atoms with E-state index in [9.17, 15) is 4.79 Å². The Bertz CT molecular complexity index is 525. The minimum Gasteiger partial charge on any atom is -0.387 e. The molecule has 0 saturated heterocycles. The quantitative estimate of drug-likeness (QED) is 0.862. The van der Waals surface area contributed by atoms with Crippen molar-refractivity contribution in [3.63, 3.8) is 0 Å². The summed E-state index contributed by atoms with van der Waals surface area (Å²) in [6.45, 7) is 1.87. The van der Waals surface area contributed by atoms with Crippen LogP contribution in [0.25, 0.3) is 0 Å². The summed E-state index contributed by atoms with van der Waals surface area (Å²) < 4.78 is 0. The number of carbonyl (C=O) groups excluding carboxylic acids is 1. The first-order valence-electron chi connectivity index (χ1n) is 4.92. The molecule has 0 unspecified atom stereocenters. The molecule has 0 aliphatic carbocycles. The molecule has 0 aromatic carbocycles. The highest BCUT2D eigenvalue weighted by Gasteiger charge is 2.13. The van der Waals surface area contributed by atoms with Crippen molar-refractivity contribution in [3.05, 3.63) is 29.0 Å². The Morgan fingerprint density at radius 1 is 1.47 bits per heavy atom. The first-order chi connectivity index (χ1) is 8.20. The normalized spacial score (nSPS) is 10.0. The van der Waals surface area contributed by atoms with E-state index < -0.39 is 0 Å². The van der Waals surface area contributed by atoms with E-state index in [4.69, 9.17) is 0 Å². The van der Waals surface area contributed by atoms with E-state index in [1.54, 1.807) is 12.6 Å². The molecular formula is C10H11N5OS. The number of rotatable bonds is 3. The van der Waals surface area contributed by atoms with Gasteiger partial charge in [-0.05, 0) is 13.0 Å². The summed E-state index contributed by atoms with van der Waals surface area (Å²) in [7, 11) is 1.76. The number of nitrogens with one attached hydrogen (secondary N) is 2. The second-order valence-electron chi connectivity index (χ2n) is 3.32. The lowest BCUT2D eigenvalue weighted by atomic mass is 10.2. The fourth-order valence-electron chi connectivity index (χ4n) is 1.34. The van der Waals surface area contributed by atoms with Crippen LogP contribution >= 0.6 is 11.3 Å². The molecule has 1 amide bonds. The van der Waals surface area contributed by atoms with Gasteiger partial charge in [0.25, 0.3) is 5.91 Å². The van der Waals surface area contributed by atoms with Crippen LogP contribution in [0.15, 0.2) is 17.8 Å². The third-order valence-corrected chi connectivity index (χ3v) is 2.74. The molecule has 2 N–H and O–H groups in total. The molecule has 17 heavy (non-hydrogen) atoms. The number of nitrogens with zero attached hydrogens (tertiary/aromatic N) is 3. The average Bonchev–Trinajstić information content (AvgIpc) is 2.81. The van der Waals surface area contributed by atoms with Gasteiger partial charge in [0, 0.05) is 18.9 Å². The lowest BCUT2D eigenvalue weighted by molar-refractivity contribution is 0.102. The molecule has 6 nitrogen and oxygen atoms in total. The van der Waals surface area contributed by atoms with E-state index in [2.05, 4.69) is 25.8 Å². The Balaban J connectivity index is 2.24. The SMILES string of the molecule is CNc1cc(C)ncc1C(=O)Nc1nncs1. The van der Waals surface area contributed by atoms with Gasteiger partial charge in [-0.3, -0.25) is 15.1 Å². The lowest BCUT2D eigenvalue weighted by Gasteiger charge is -2.08. The molecule has 2 heterocycles. The van der Waals surface area contributed by atoms with Crippen LogP contribution in [0.1, 0.15) is 16.1 Å². The van der Waals surface area contributed by atoms with Crippen molar-refractivity contribution in [2.45, 2.75) is 6.92 Å². The molecule has 0 fully saturated rings. The van der Waals surface area contributed by atoms with Crippen LogP contribution in [-0.2, 0) is 0 Å². The molecule has 2 aromatic rings. The van der Waals surface area contributed by atoms with Gasteiger partial charge in [0.1, 0.15) is 5.51 Å². The predicted octanol–water partition coefficient (Wildman–Crippen LogP) is 1.54. The molecule has 0 spiro atoms. The first-order valence-corrected chi connectivity index (χ1v) is 5.80. The molecule has 2 rings (SSSR count). The zero-order chi connectivity index (χ0) is 12.3. The van der Waals surface area contributed by atoms with Gasteiger partial charge in [-0.25, -0.2) is 0 Å². The molecule has 88 valence electrons. The van der Waals surface area contributed by atoms with Crippen molar-refractivity contribution in [2.75, 3.05) is 17.7 Å². The monoisotopic (exact) mass is 249 g/mol. The topological polar surface area (TPSA) is 79.8 Å². The van der Waals surface area contributed by atoms with Gasteiger partial charge in [-0.15, -0.1) is 10.2 Å². The van der Waals surface area contributed by atoms with Gasteiger partial charge in [-0.1, -0.05) is 11.3 Å². The second-order valence-corrected chi connectivity index (χ2v) is 4.15. The van der Waals surface area contributed by atoms with E-state index in [1.165, 1.54) is 17.5 Å². The van der Waals surface area contributed by atoms with Crippen LogP contribution in [0, 0.1) is 6.92 Å². The Kier molecular flexibility index (Phi) is 3.29. The molecule has 0 aliphatic heterocycles. The van der Waals surface area contributed by atoms with Gasteiger partial charge >= 0.3 is 0 Å². The lowest BCUT2D eigenvalue weighted by Crippen LogP contribution is -2.14. The summed E-state index contributed by atoms with van der Waals surface area (Å²) >= 11 is 1.27. The fourth-order valence-corrected chi connectivity index (χ4v) is 1.78. The largest absolute Gasteiger partial charge is 0.387 e. The highest BCUT2D eigenvalue weighted by Crippen LogP contribution is 2.17. The number of aryl methyl sites for hydroxylation is 1. The number of amides is 1. The number of hydrogen-bond donors (Lipinski definition) is 2. The van der Waals surface area contributed by atoms with Crippen LogP contribution in [0.2, 0.25) is 0 Å². The average molecular weight is 249 g/mol. The molecule has 0 radical (unpaired) electrons. The Morgan fingerprint density at radius 3 is 2.94 bits per heavy atom. The van der Waals surface area contributed by atoms with E-state index in [-0.39, 0.29) is 5.91 Å². The molecule has 0 bridgehead atoms. The summed E-state index contributed by atoms with van der Waals surface area (Å²) in [4.78, 5) is 16.1. The Hall–Kier alpha value is -2.02. The van der Waals surface area contributed by atoms with E-state index in [0.29, 0.717) is 10.7 Å². The predicted molar refractivity (Wildman–Crippen MR) is 66.4 cm³/mol. The molecule has 0 atom stereocenters. The van der Waals surface area contributed by atoms with Gasteiger partial charge in [0.2, 0.25) is 5.13 Å². The van der Waals surface area contributed by atoms with E-state index >= 15 is 0 Å². The maximum Gasteiger partial charge on any atom is 0.261 e.